The van der Waals surface area contributed by atoms with Crippen molar-refractivity contribution in [2.45, 2.75) is 95.4 Å². The number of fused-ring (bicyclic) bond motifs is 2. The molecule has 0 aromatic rings. The van der Waals surface area contributed by atoms with Gasteiger partial charge in [-0.15, -0.1) is 0 Å². The average Bonchev–Trinajstić information content (AvgIpc) is 2.99. The van der Waals surface area contributed by atoms with Crippen LogP contribution in [0.2, 0.25) is 0 Å². The Bertz CT molecular complexity index is 663. The monoisotopic (exact) mass is 406 g/mol. The molecule has 1 heterocycles. The van der Waals surface area contributed by atoms with Gasteiger partial charge in [-0.05, 0) is 64.7 Å². The summed E-state index contributed by atoms with van der Waals surface area (Å²) in [6, 6.07) is 0. The molecule has 4 aliphatic rings. The average molecular weight is 407 g/mol. The van der Waals surface area contributed by atoms with Gasteiger partial charge in [-0.3, -0.25) is 4.79 Å². The molecule has 5 heteroatoms. The summed E-state index contributed by atoms with van der Waals surface area (Å²) in [5, 5.41) is 14.2. The predicted octanol–water partition coefficient (Wildman–Crippen LogP) is 2.72. The van der Waals surface area contributed by atoms with Gasteiger partial charge in [0.15, 0.2) is 0 Å². The van der Waals surface area contributed by atoms with E-state index >= 15 is 0 Å². The number of ether oxygens (including phenoxy) is 2. The van der Waals surface area contributed by atoms with E-state index < -0.39 is 11.2 Å². The van der Waals surface area contributed by atoms with Gasteiger partial charge >= 0.3 is 5.97 Å². The second-order valence-electron chi connectivity index (χ2n) is 10.5. The zero-order valence-corrected chi connectivity index (χ0v) is 18.5. The number of carbonyl (C=O) groups is 1. The van der Waals surface area contributed by atoms with Crippen molar-refractivity contribution in [2.24, 2.45) is 17.3 Å². The van der Waals surface area contributed by atoms with Crippen LogP contribution in [0.25, 0.3) is 0 Å². The van der Waals surface area contributed by atoms with Gasteiger partial charge in [0.2, 0.25) is 0 Å². The van der Waals surface area contributed by atoms with Crippen LogP contribution in [0.4, 0.5) is 0 Å². The highest BCUT2D eigenvalue weighted by molar-refractivity contribution is 5.75. The first-order chi connectivity index (χ1) is 13.8. The third kappa shape index (κ3) is 3.57. The van der Waals surface area contributed by atoms with E-state index in [-0.39, 0.29) is 29.3 Å². The third-order valence-corrected chi connectivity index (χ3v) is 8.93. The summed E-state index contributed by atoms with van der Waals surface area (Å²) in [5.41, 5.74) is -0.144. The minimum absolute atomic E-state index is 0.0496. The van der Waals surface area contributed by atoms with E-state index in [1.165, 1.54) is 25.7 Å². The molecule has 3 fully saturated rings. The maximum atomic E-state index is 12.7. The molecule has 29 heavy (non-hydrogen) atoms. The van der Waals surface area contributed by atoms with Crippen molar-refractivity contribution in [2.75, 3.05) is 20.2 Å². The van der Waals surface area contributed by atoms with Crippen LogP contribution in [0.1, 0.15) is 78.1 Å². The first-order valence-corrected chi connectivity index (χ1v) is 11.8. The highest BCUT2D eigenvalue weighted by Gasteiger charge is 2.67. The summed E-state index contributed by atoms with van der Waals surface area (Å²) < 4.78 is 11.8. The maximum absolute atomic E-state index is 12.7. The van der Waals surface area contributed by atoms with E-state index in [1.807, 2.05) is 0 Å². The Hall–Kier alpha value is -0.910. The number of hydrogen-bond acceptors (Lipinski definition) is 4. The van der Waals surface area contributed by atoms with Crippen LogP contribution in [-0.2, 0) is 14.3 Å². The van der Waals surface area contributed by atoms with Crippen LogP contribution >= 0.6 is 0 Å². The van der Waals surface area contributed by atoms with Gasteiger partial charge in [-0.25, -0.2) is 0 Å². The molecule has 3 aliphatic carbocycles. The Morgan fingerprint density at radius 2 is 2.07 bits per heavy atom. The standard InChI is InChI=1S/C24H39NO4/c1-22-11-7-12-23(2,28-3)24(22,27)14-18-19(21(26)29-20(18)15-22)16-25-13-10-17-8-5-4-6-9-17/h8,18-20,25,27H,4-7,9-16H2,1-3H3/p+1/t18-,19+,20-,22-,23-,24-/m1/s1. The number of carbonyl (C=O) groups excluding carboxylic acids is 1. The minimum atomic E-state index is -0.909. The lowest BCUT2D eigenvalue weighted by atomic mass is 9.49. The normalized spacial score (nSPS) is 44.6. The van der Waals surface area contributed by atoms with Gasteiger partial charge in [0.1, 0.15) is 12.0 Å². The van der Waals surface area contributed by atoms with Gasteiger partial charge in [0.05, 0.1) is 24.3 Å². The van der Waals surface area contributed by atoms with E-state index in [0.717, 1.165) is 45.2 Å². The molecule has 0 spiro atoms. The van der Waals surface area contributed by atoms with Crippen LogP contribution in [0, 0.1) is 17.3 Å². The Labute approximate surface area is 175 Å². The number of rotatable bonds is 6. The zero-order valence-electron chi connectivity index (χ0n) is 18.5. The molecule has 0 amide bonds. The van der Waals surface area contributed by atoms with E-state index in [2.05, 4.69) is 25.2 Å². The fourth-order valence-corrected chi connectivity index (χ4v) is 6.87. The van der Waals surface area contributed by atoms with Gasteiger partial charge < -0.3 is 19.9 Å². The Balaban J connectivity index is 1.42. The number of esters is 1. The molecular formula is C24H40NO4+. The lowest BCUT2D eigenvalue weighted by Crippen LogP contribution is -2.86. The SMILES string of the molecule is CO[C@]1(C)CCC[C@]2(C)C[C@H]3OC(=O)[C@@H](C[NH2+]CCC4=CCCCC4)[C@H]3C[C@@]21O. The molecule has 5 nitrogen and oxygen atoms in total. The third-order valence-electron chi connectivity index (χ3n) is 8.93. The number of allylic oxidation sites excluding steroid dienone is 1. The zero-order chi connectivity index (χ0) is 20.7. The molecule has 6 atom stereocenters. The van der Waals surface area contributed by atoms with Gasteiger partial charge in [-0.1, -0.05) is 18.6 Å². The molecule has 2 saturated carbocycles. The summed E-state index contributed by atoms with van der Waals surface area (Å²) in [4.78, 5) is 12.7. The van der Waals surface area contributed by atoms with Gasteiger partial charge in [-0.2, -0.15) is 0 Å². The number of methoxy groups -OCH3 is 1. The summed E-state index contributed by atoms with van der Waals surface area (Å²) in [6.07, 6.45) is 12.8. The minimum Gasteiger partial charge on any atom is -0.462 e. The second kappa shape index (κ2) is 7.97. The van der Waals surface area contributed by atoms with E-state index in [1.54, 1.807) is 12.7 Å². The largest absolute Gasteiger partial charge is 0.462 e. The summed E-state index contributed by atoms with van der Waals surface area (Å²) in [5.74, 6) is -0.0756. The van der Waals surface area contributed by atoms with E-state index in [0.29, 0.717) is 6.42 Å². The predicted molar refractivity (Wildman–Crippen MR) is 111 cm³/mol. The maximum Gasteiger partial charge on any atom is 0.315 e. The van der Waals surface area contributed by atoms with E-state index in [4.69, 9.17) is 9.47 Å². The molecule has 0 radical (unpaired) electrons. The number of hydrogen-bond donors (Lipinski definition) is 2. The summed E-state index contributed by atoms with van der Waals surface area (Å²) >= 11 is 0. The highest BCUT2D eigenvalue weighted by atomic mass is 16.6. The molecule has 4 rings (SSSR count). The lowest BCUT2D eigenvalue weighted by molar-refractivity contribution is -0.658. The van der Waals surface area contributed by atoms with E-state index in [9.17, 15) is 9.90 Å². The summed E-state index contributed by atoms with van der Waals surface area (Å²) in [6.45, 7) is 6.03. The first-order valence-electron chi connectivity index (χ1n) is 11.8. The van der Waals surface area contributed by atoms with Crippen LogP contribution in [0.15, 0.2) is 11.6 Å². The molecule has 3 N–H and O–H groups in total. The van der Waals surface area contributed by atoms with Gasteiger partial charge in [0, 0.05) is 24.9 Å². The Morgan fingerprint density at radius 1 is 1.24 bits per heavy atom. The topological polar surface area (TPSA) is 72.4 Å². The Kier molecular flexibility index (Phi) is 5.86. The van der Waals surface area contributed by atoms with Crippen molar-refractivity contribution in [3.63, 3.8) is 0 Å². The molecule has 1 saturated heterocycles. The Morgan fingerprint density at radius 3 is 2.79 bits per heavy atom. The van der Waals surface area contributed by atoms with Crippen molar-refractivity contribution in [1.82, 2.24) is 0 Å². The van der Waals surface area contributed by atoms with Crippen molar-refractivity contribution < 1.29 is 24.7 Å². The van der Waals surface area contributed by atoms with Crippen molar-refractivity contribution in [3.05, 3.63) is 11.6 Å². The van der Waals surface area contributed by atoms with Crippen LogP contribution in [0.3, 0.4) is 0 Å². The van der Waals surface area contributed by atoms with Crippen molar-refractivity contribution in [3.8, 4) is 0 Å². The molecule has 1 aliphatic heterocycles. The number of quaternary nitrogens is 1. The summed E-state index contributed by atoms with van der Waals surface area (Å²) in [7, 11) is 1.72. The highest BCUT2D eigenvalue weighted by Crippen LogP contribution is 2.61. The molecule has 164 valence electrons. The molecule has 0 aromatic heterocycles. The fourth-order valence-electron chi connectivity index (χ4n) is 6.87. The quantitative estimate of drug-likeness (QED) is 0.404. The first kappa shape index (κ1) is 21.3. The molecule has 0 aromatic carbocycles. The fraction of sp³-hybridized carbons (Fsp3) is 0.875. The molecule has 0 bridgehead atoms. The molecule has 0 unspecified atom stereocenters. The number of nitrogens with two attached hydrogens (primary N) is 1. The van der Waals surface area contributed by atoms with Crippen LogP contribution < -0.4 is 5.32 Å². The number of aliphatic hydroxyl groups is 1. The van der Waals surface area contributed by atoms with Crippen molar-refractivity contribution in [1.29, 1.82) is 0 Å². The van der Waals surface area contributed by atoms with Gasteiger partial charge in [0.25, 0.3) is 0 Å². The smallest absolute Gasteiger partial charge is 0.315 e. The van der Waals surface area contributed by atoms with Crippen LogP contribution in [0.5, 0.6) is 0 Å². The lowest BCUT2D eigenvalue weighted by Gasteiger charge is -2.61. The second-order valence-corrected chi connectivity index (χ2v) is 10.5. The molecular weight excluding hydrogens is 366 g/mol. The van der Waals surface area contributed by atoms with Crippen LogP contribution in [-0.4, -0.2) is 48.6 Å². The van der Waals surface area contributed by atoms with Crippen molar-refractivity contribution >= 4 is 5.97 Å².